The van der Waals surface area contributed by atoms with Crippen LogP contribution in [0.2, 0.25) is 5.02 Å². The molecule has 0 N–H and O–H groups in total. The first-order valence-corrected chi connectivity index (χ1v) is 6.52. The van der Waals surface area contributed by atoms with Crippen LogP contribution in [0.1, 0.15) is 33.3 Å². The molecule has 0 aliphatic heterocycles. The quantitative estimate of drug-likeness (QED) is 0.745. The fourth-order valence-electron chi connectivity index (χ4n) is 1.03. The first-order valence-electron chi connectivity index (χ1n) is 5.04. The Bertz CT molecular complexity index is 435. The molecule has 0 aromatic heterocycles. The molecule has 0 aliphatic carbocycles. The highest BCUT2D eigenvalue weighted by molar-refractivity contribution is 7.85. The summed E-state index contributed by atoms with van der Waals surface area (Å²) in [5.74, 6) is 0. The molecule has 0 heterocycles. The highest BCUT2D eigenvalue weighted by Gasteiger charge is 2.19. The molecule has 1 aromatic rings. The summed E-state index contributed by atoms with van der Waals surface area (Å²) >= 11 is 5.88. The Morgan fingerprint density at radius 3 is 2.50 bits per heavy atom. The second-order valence-corrected chi connectivity index (χ2v) is 6.89. The highest BCUT2D eigenvalue weighted by atomic mass is 35.5. The van der Waals surface area contributed by atoms with Gasteiger partial charge < -0.3 is 0 Å². The molecule has 0 unspecified atom stereocenters. The van der Waals surface area contributed by atoms with Gasteiger partial charge in [0.2, 0.25) is 0 Å². The number of hydrogen-bond donors (Lipinski definition) is 0. The zero-order valence-corrected chi connectivity index (χ0v) is 11.5. The standard InChI is InChI=1S/C12H16ClNOS/c1-9(14-16(15)12(2,3)4)10-6-5-7-11(13)8-10/h5-8H,1-4H3/b14-9+/t16-/m0/s1. The predicted molar refractivity (Wildman–Crippen MR) is 71.6 cm³/mol. The van der Waals surface area contributed by atoms with E-state index in [1.54, 1.807) is 6.07 Å². The Morgan fingerprint density at radius 1 is 1.38 bits per heavy atom. The average Bonchev–Trinajstić information content (AvgIpc) is 2.16. The third kappa shape index (κ3) is 3.72. The molecule has 88 valence electrons. The van der Waals surface area contributed by atoms with E-state index in [0.717, 1.165) is 11.3 Å². The van der Waals surface area contributed by atoms with Crippen LogP contribution in [0.4, 0.5) is 0 Å². The monoisotopic (exact) mass is 257 g/mol. The lowest BCUT2D eigenvalue weighted by atomic mass is 10.1. The van der Waals surface area contributed by atoms with Crippen LogP contribution in [0, 0.1) is 0 Å². The number of halogens is 1. The van der Waals surface area contributed by atoms with Gasteiger partial charge in [-0.3, -0.25) is 0 Å². The lowest BCUT2D eigenvalue weighted by Crippen LogP contribution is -2.20. The van der Waals surface area contributed by atoms with E-state index in [1.807, 2.05) is 45.9 Å². The van der Waals surface area contributed by atoms with Crippen LogP contribution in [-0.2, 0) is 11.0 Å². The molecule has 1 aromatic carbocycles. The van der Waals surface area contributed by atoms with Crippen molar-refractivity contribution in [2.75, 3.05) is 0 Å². The second-order valence-electron chi connectivity index (χ2n) is 4.55. The van der Waals surface area contributed by atoms with Gasteiger partial charge in [-0.1, -0.05) is 23.7 Å². The van der Waals surface area contributed by atoms with Crippen LogP contribution in [0.3, 0.4) is 0 Å². The number of benzene rings is 1. The SMILES string of the molecule is C/C(=N\[S@@](=O)C(C)(C)C)c1cccc(Cl)c1. The van der Waals surface area contributed by atoms with Gasteiger partial charge in [0.1, 0.15) is 11.0 Å². The molecule has 2 nitrogen and oxygen atoms in total. The van der Waals surface area contributed by atoms with E-state index in [-0.39, 0.29) is 4.75 Å². The average molecular weight is 258 g/mol. The number of nitrogens with zero attached hydrogens (tertiary/aromatic N) is 1. The van der Waals surface area contributed by atoms with E-state index < -0.39 is 11.0 Å². The highest BCUT2D eigenvalue weighted by Crippen LogP contribution is 2.16. The van der Waals surface area contributed by atoms with Gasteiger partial charge in [-0.05, 0) is 45.4 Å². The zero-order chi connectivity index (χ0) is 12.3. The van der Waals surface area contributed by atoms with E-state index in [1.165, 1.54) is 0 Å². The van der Waals surface area contributed by atoms with Crippen LogP contribution >= 0.6 is 11.6 Å². The van der Waals surface area contributed by atoms with Crippen molar-refractivity contribution in [1.29, 1.82) is 0 Å². The summed E-state index contributed by atoms with van der Waals surface area (Å²) in [5, 5.41) is 0.661. The van der Waals surface area contributed by atoms with Gasteiger partial charge in [-0.25, -0.2) is 4.21 Å². The summed E-state index contributed by atoms with van der Waals surface area (Å²) < 4.78 is 15.7. The molecule has 4 heteroatoms. The predicted octanol–water partition coefficient (Wildman–Crippen LogP) is 3.61. The molecular weight excluding hydrogens is 242 g/mol. The Kier molecular flexibility index (Phi) is 4.28. The zero-order valence-electron chi connectivity index (χ0n) is 9.95. The Balaban J connectivity index is 2.99. The minimum Gasteiger partial charge on any atom is -0.234 e. The number of rotatable bonds is 2. The normalized spacial score (nSPS) is 14.9. The van der Waals surface area contributed by atoms with Crippen LogP contribution in [0.15, 0.2) is 28.7 Å². The van der Waals surface area contributed by atoms with Crippen molar-refractivity contribution in [3.05, 3.63) is 34.9 Å². The summed E-state index contributed by atoms with van der Waals surface area (Å²) in [4.78, 5) is 0. The van der Waals surface area contributed by atoms with E-state index in [0.29, 0.717) is 5.02 Å². The first kappa shape index (κ1) is 13.4. The summed E-state index contributed by atoms with van der Waals surface area (Å²) in [6.45, 7) is 7.54. The van der Waals surface area contributed by atoms with Crippen LogP contribution in [-0.4, -0.2) is 14.7 Å². The molecule has 0 bridgehead atoms. The van der Waals surface area contributed by atoms with Gasteiger partial charge in [0.25, 0.3) is 0 Å². The van der Waals surface area contributed by atoms with Crippen LogP contribution in [0.25, 0.3) is 0 Å². The van der Waals surface area contributed by atoms with Crippen molar-refractivity contribution in [2.24, 2.45) is 4.40 Å². The van der Waals surface area contributed by atoms with Gasteiger partial charge in [-0.2, -0.15) is 4.40 Å². The van der Waals surface area contributed by atoms with Crippen LogP contribution < -0.4 is 0 Å². The molecule has 0 radical (unpaired) electrons. The molecule has 0 saturated heterocycles. The van der Waals surface area contributed by atoms with Crippen molar-refractivity contribution in [2.45, 2.75) is 32.4 Å². The third-order valence-electron chi connectivity index (χ3n) is 1.99. The van der Waals surface area contributed by atoms with E-state index in [9.17, 15) is 4.21 Å². The molecule has 0 spiro atoms. The Hall–Kier alpha value is -0.670. The third-order valence-corrected chi connectivity index (χ3v) is 3.71. The smallest absolute Gasteiger partial charge is 0.145 e. The van der Waals surface area contributed by atoms with Gasteiger partial charge in [-0.15, -0.1) is 0 Å². The Morgan fingerprint density at radius 2 is 2.00 bits per heavy atom. The molecule has 0 aliphatic rings. The first-order chi connectivity index (χ1) is 7.30. The molecular formula is C12H16ClNOS. The molecule has 16 heavy (non-hydrogen) atoms. The van der Waals surface area contributed by atoms with Crippen molar-refractivity contribution in [3.63, 3.8) is 0 Å². The van der Waals surface area contributed by atoms with E-state index >= 15 is 0 Å². The topological polar surface area (TPSA) is 29.4 Å². The minimum absolute atomic E-state index is 0.333. The summed E-state index contributed by atoms with van der Waals surface area (Å²) in [6.07, 6.45) is 0. The fraction of sp³-hybridized carbons (Fsp3) is 0.417. The Labute approximate surface area is 104 Å². The maximum atomic E-state index is 11.8. The molecule has 0 fully saturated rings. The molecule has 0 amide bonds. The maximum Gasteiger partial charge on any atom is 0.145 e. The fourth-order valence-corrected chi connectivity index (χ4v) is 1.85. The van der Waals surface area contributed by atoms with Gasteiger partial charge in [0.15, 0.2) is 0 Å². The van der Waals surface area contributed by atoms with Crippen molar-refractivity contribution in [3.8, 4) is 0 Å². The summed E-state index contributed by atoms with van der Waals surface area (Å²) in [6, 6.07) is 7.39. The van der Waals surface area contributed by atoms with E-state index in [4.69, 9.17) is 11.6 Å². The second kappa shape index (κ2) is 5.11. The van der Waals surface area contributed by atoms with Crippen molar-refractivity contribution in [1.82, 2.24) is 0 Å². The van der Waals surface area contributed by atoms with Gasteiger partial charge in [0.05, 0.1) is 10.5 Å². The number of hydrogen-bond acceptors (Lipinski definition) is 1. The largest absolute Gasteiger partial charge is 0.234 e. The summed E-state index contributed by atoms with van der Waals surface area (Å²) in [7, 11) is -1.23. The molecule has 1 atom stereocenters. The molecule has 1 rings (SSSR count). The van der Waals surface area contributed by atoms with Crippen molar-refractivity contribution >= 4 is 28.3 Å². The lowest BCUT2D eigenvalue weighted by molar-refractivity contribution is 0.650. The van der Waals surface area contributed by atoms with Crippen LogP contribution in [0.5, 0.6) is 0 Å². The van der Waals surface area contributed by atoms with Crippen molar-refractivity contribution < 1.29 is 4.21 Å². The maximum absolute atomic E-state index is 11.8. The molecule has 0 saturated carbocycles. The summed E-state index contributed by atoms with van der Waals surface area (Å²) in [5.41, 5.74) is 1.65. The van der Waals surface area contributed by atoms with Gasteiger partial charge >= 0.3 is 0 Å². The van der Waals surface area contributed by atoms with E-state index in [2.05, 4.69) is 4.40 Å². The lowest BCUT2D eigenvalue weighted by Gasteiger charge is -2.14. The van der Waals surface area contributed by atoms with Gasteiger partial charge in [0, 0.05) is 5.02 Å². The minimum atomic E-state index is -1.23.